The van der Waals surface area contributed by atoms with Crippen molar-refractivity contribution in [1.82, 2.24) is 0 Å². The lowest BCUT2D eigenvalue weighted by Gasteiger charge is -2.04. The van der Waals surface area contributed by atoms with E-state index >= 15 is 0 Å². The fourth-order valence-corrected chi connectivity index (χ4v) is 2.66. The number of hydrogen-bond donors (Lipinski definition) is 1. The highest BCUT2D eigenvalue weighted by Crippen LogP contribution is 2.12. The van der Waals surface area contributed by atoms with Crippen molar-refractivity contribution in [2.45, 2.75) is 103 Å². The second-order valence-electron chi connectivity index (χ2n) is 6.35. The van der Waals surface area contributed by atoms with E-state index in [0.717, 1.165) is 6.42 Å². The zero-order valence-electron chi connectivity index (χ0n) is 14.8. The van der Waals surface area contributed by atoms with E-state index in [9.17, 15) is 4.79 Å². The Labute approximate surface area is 137 Å². The lowest BCUT2D eigenvalue weighted by atomic mass is 10.0. The summed E-state index contributed by atoms with van der Waals surface area (Å²) in [7, 11) is 0. The molecule has 0 aromatic rings. The SMILES string of the molecule is CCCCCCCCCCCCCCCCOCCC(=O)O. The summed E-state index contributed by atoms with van der Waals surface area (Å²) in [6.45, 7) is 3.34. The molecular weight excluding hydrogens is 276 g/mol. The van der Waals surface area contributed by atoms with E-state index in [1.165, 1.54) is 83.5 Å². The van der Waals surface area contributed by atoms with Crippen LogP contribution in [0.15, 0.2) is 0 Å². The van der Waals surface area contributed by atoms with Gasteiger partial charge in [0.2, 0.25) is 0 Å². The van der Waals surface area contributed by atoms with Crippen molar-refractivity contribution in [3.05, 3.63) is 0 Å². The third-order valence-electron chi connectivity index (χ3n) is 4.10. The molecule has 0 rings (SSSR count). The summed E-state index contributed by atoms with van der Waals surface area (Å²) in [5.41, 5.74) is 0. The molecule has 132 valence electrons. The van der Waals surface area contributed by atoms with Gasteiger partial charge in [-0.05, 0) is 6.42 Å². The summed E-state index contributed by atoms with van der Waals surface area (Å²) in [5.74, 6) is -0.777. The summed E-state index contributed by atoms with van der Waals surface area (Å²) in [5, 5.41) is 8.46. The molecule has 0 heterocycles. The molecule has 0 spiro atoms. The third kappa shape index (κ3) is 19.4. The molecule has 0 radical (unpaired) electrons. The van der Waals surface area contributed by atoms with E-state index in [-0.39, 0.29) is 6.42 Å². The largest absolute Gasteiger partial charge is 0.481 e. The number of unbranched alkanes of at least 4 members (excludes halogenated alkanes) is 13. The maximum absolute atomic E-state index is 10.3. The van der Waals surface area contributed by atoms with Crippen LogP contribution in [0.4, 0.5) is 0 Å². The van der Waals surface area contributed by atoms with Gasteiger partial charge in [-0.2, -0.15) is 0 Å². The zero-order chi connectivity index (χ0) is 16.3. The van der Waals surface area contributed by atoms with E-state index in [1.54, 1.807) is 0 Å². The van der Waals surface area contributed by atoms with Gasteiger partial charge >= 0.3 is 5.97 Å². The molecule has 0 fully saturated rings. The van der Waals surface area contributed by atoms with Crippen LogP contribution in [0, 0.1) is 0 Å². The second-order valence-corrected chi connectivity index (χ2v) is 6.35. The Hall–Kier alpha value is -0.570. The Morgan fingerprint density at radius 3 is 1.50 bits per heavy atom. The van der Waals surface area contributed by atoms with E-state index in [1.807, 2.05) is 0 Å². The van der Waals surface area contributed by atoms with Gasteiger partial charge in [-0.1, -0.05) is 90.4 Å². The molecule has 0 aliphatic carbocycles. The lowest BCUT2D eigenvalue weighted by Crippen LogP contribution is -2.03. The number of hydrogen-bond acceptors (Lipinski definition) is 2. The molecule has 0 atom stereocenters. The Kier molecular flexibility index (Phi) is 18.0. The molecule has 1 N–H and O–H groups in total. The van der Waals surface area contributed by atoms with Crippen molar-refractivity contribution in [3.8, 4) is 0 Å². The molecular formula is C19H38O3. The number of ether oxygens (including phenoxy) is 1. The second kappa shape index (κ2) is 18.5. The Morgan fingerprint density at radius 2 is 1.09 bits per heavy atom. The Balaban J connectivity index is 2.95. The van der Waals surface area contributed by atoms with Crippen LogP contribution in [0.1, 0.15) is 103 Å². The zero-order valence-corrected chi connectivity index (χ0v) is 14.8. The first-order valence-electron chi connectivity index (χ1n) is 9.57. The van der Waals surface area contributed by atoms with Crippen molar-refractivity contribution in [2.75, 3.05) is 13.2 Å². The first-order chi connectivity index (χ1) is 10.8. The standard InChI is InChI=1S/C19H38O3/c1-2-3-4-5-6-7-8-9-10-11-12-13-14-15-17-22-18-16-19(20)21/h2-18H2,1H3,(H,20,21). The maximum Gasteiger partial charge on any atom is 0.305 e. The topological polar surface area (TPSA) is 46.5 Å². The molecule has 0 amide bonds. The monoisotopic (exact) mass is 314 g/mol. The van der Waals surface area contributed by atoms with E-state index < -0.39 is 5.97 Å². The first-order valence-corrected chi connectivity index (χ1v) is 9.57. The highest BCUT2D eigenvalue weighted by atomic mass is 16.5. The van der Waals surface area contributed by atoms with Crippen LogP contribution in [0.5, 0.6) is 0 Å². The first kappa shape index (κ1) is 21.4. The molecule has 0 aliphatic rings. The van der Waals surface area contributed by atoms with Crippen LogP contribution in [0.25, 0.3) is 0 Å². The molecule has 0 saturated heterocycles. The van der Waals surface area contributed by atoms with Gasteiger partial charge in [0, 0.05) is 6.61 Å². The van der Waals surface area contributed by atoms with Crippen LogP contribution in [-0.4, -0.2) is 24.3 Å². The van der Waals surface area contributed by atoms with Crippen molar-refractivity contribution < 1.29 is 14.6 Å². The molecule has 3 heteroatoms. The van der Waals surface area contributed by atoms with Gasteiger partial charge in [-0.15, -0.1) is 0 Å². The van der Waals surface area contributed by atoms with Crippen LogP contribution >= 0.6 is 0 Å². The van der Waals surface area contributed by atoms with Crippen LogP contribution in [0.2, 0.25) is 0 Å². The number of rotatable bonds is 18. The summed E-state index contributed by atoms with van der Waals surface area (Å²) < 4.78 is 5.27. The number of carbonyl (C=O) groups is 1. The quantitative estimate of drug-likeness (QED) is 0.317. The highest BCUT2D eigenvalue weighted by molar-refractivity contribution is 5.66. The minimum Gasteiger partial charge on any atom is -0.481 e. The molecule has 22 heavy (non-hydrogen) atoms. The fraction of sp³-hybridized carbons (Fsp3) is 0.947. The van der Waals surface area contributed by atoms with E-state index in [4.69, 9.17) is 9.84 Å². The Bertz CT molecular complexity index is 229. The summed E-state index contributed by atoms with van der Waals surface area (Å²) >= 11 is 0. The van der Waals surface area contributed by atoms with Crippen LogP contribution < -0.4 is 0 Å². The normalized spacial score (nSPS) is 11.0. The Morgan fingerprint density at radius 1 is 0.682 bits per heavy atom. The van der Waals surface area contributed by atoms with Gasteiger partial charge in [-0.3, -0.25) is 4.79 Å². The summed E-state index contributed by atoms with van der Waals surface area (Å²) in [6, 6.07) is 0. The van der Waals surface area contributed by atoms with Gasteiger partial charge in [0.05, 0.1) is 13.0 Å². The highest BCUT2D eigenvalue weighted by Gasteiger charge is 1.97. The van der Waals surface area contributed by atoms with Crippen molar-refractivity contribution >= 4 is 5.97 Å². The van der Waals surface area contributed by atoms with Crippen LogP contribution in [-0.2, 0) is 9.53 Å². The summed E-state index contributed by atoms with van der Waals surface area (Å²) in [4.78, 5) is 10.3. The molecule has 0 aromatic carbocycles. The van der Waals surface area contributed by atoms with E-state index in [0.29, 0.717) is 13.2 Å². The average Bonchev–Trinajstić information content (AvgIpc) is 2.50. The predicted octanol–water partition coefficient (Wildman–Crippen LogP) is 5.96. The molecule has 3 nitrogen and oxygen atoms in total. The van der Waals surface area contributed by atoms with Crippen LogP contribution in [0.3, 0.4) is 0 Å². The number of aliphatic carboxylic acids is 1. The van der Waals surface area contributed by atoms with Gasteiger partial charge in [0.25, 0.3) is 0 Å². The third-order valence-corrected chi connectivity index (χ3v) is 4.10. The van der Waals surface area contributed by atoms with Gasteiger partial charge in [-0.25, -0.2) is 0 Å². The fourth-order valence-electron chi connectivity index (χ4n) is 2.66. The van der Waals surface area contributed by atoms with Gasteiger partial charge in [0.1, 0.15) is 0 Å². The average molecular weight is 315 g/mol. The molecule has 0 aromatic heterocycles. The minimum absolute atomic E-state index is 0.124. The van der Waals surface area contributed by atoms with Crippen molar-refractivity contribution in [3.63, 3.8) is 0 Å². The molecule has 0 unspecified atom stereocenters. The molecule has 0 saturated carbocycles. The molecule has 0 bridgehead atoms. The minimum atomic E-state index is -0.777. The van der Waals surface area contributed by atoms with Crippen molar-refractivity contribution in [1.29, 1.82) is 0 Å². The van der Waals surface area contributed by atoms with Gasteiger partial charge in [0.15, 0.2) is 0 Å². The number of carboxylic acids is 1. The molecule has 0 aliphatic heterocycles. The van der Waals surface area contributed by atoms with E-state index in [2.05, 4.69) is 6.92 Å². The number of carboxylic acid groups (broad SMARTS) is 1. The summed E-state index contributed by atoms with van der Waals surface area (Å²) in [6.07, 6.45) is 19.1. The predicted molar refractivity (Wildman–Crippen MR) is 93.4 cm³/mol. The lowest BCUT2D eigenvalue weighted by molar-refractivity contribution is -0.138. The smallest absolute Gasteiger partial charge is 0.305 e. The maximum atomic E-state index is 10.3. The van der Waals surface area contributed by atoms with Crippen molar-refractivity contribution in [2.24, 2.45) is 0 Å². The van der Waals surface area contributed by atoms with Gasteiger partial charge < -0.3 is 9.84 Å².